The largest absolute Gasteiger partial charge is 0.508 e. The highest BCUT2D eigenvalue weighted by Gasteiger charge is 2.42. The Morgan fingerprint density at radius 2 is 1.08 bits per heavy atom. The van der Waals surface area contributed by atoms with Crippen molar-refractivity contribution in [3.63, 3.8) is 0 Å². The van der Waals surface area contributed by atoms with Crippen LogP contribution in [-0.4, -0.2) is 112 Å². The molecule has 0 bridgehead atoms. The monoisotopic (exact) mass is 740 g/mol. The summed E-state index contributed by atoms with van der Waals surface area (Å²) in [5.41, 5.74) is 0.662. The van der Waals surface area contributed by atoms with Gasteiger partial charge in [0.05, 0.1) is 0 Å². The van der Waals surface area contributed by atoms with Crippen LogP contribution in [0, 0.1) is 23.7 Å². The molecule has 0 saturated carbocycles. The van der Waals surface area contributed by atoms with Crippen LogP contribution in [0.3, 0.4) is 0 Å². The molecule has 6 atom stereocenters. The maximum atomic E-state index is 14.5. The molecule has 1 aromatic rings. The summed E-state index contributed by atoms with van der Waals surface area (Å²) in [7, 11) is 3.12. The molecule has 2 fully saturated rings. The maximum absolute atomic E-state index is 14.5. The maximum Gasteiger partial charge on any atom is 0.245 e. The van der Waals surface area contributed by atoms with Gasteiger partial charge in [-0.1, -0.05) is 67.5 Å². The second-order valence-corrected chi connectivity index (χ2v) is 16.7. The molecular weight excluding hydrogens is 676 g/mol. The van der Waals surface area contributed by atoms with E-state index in [2.05, 4.69) is 16.0 Å². The van der Waals surface area contributed by atoms with Crippen molar-refractivity contribution in [2.24, 2.45) is 23.7 Å². The van der Waals surface area contributed by atoms with E-state index in [1.807, 2.05) is 55.4 Å². The highest BCUT2D eigenvalue weighted by molar-refractivity contribution is 5.98. The minimum absolute atomic E-state index is 0.00678. The van der Waals surface area contributed by atoms with E-state index in [4.69, 9.17) is 0 Å². The molecule has 2 heterocycles. The first-order valence-corrected chi connectivity index (χ1v) is 19.3. The van der Waals surface area contributed by atoms with Crippen LogP contribution in [0.1, 0.15) is 99.5 Å². The van der Waals surface area contributed by atoms with Gasteiger partial charge in [0.15, 0.2) is 0 Å². The fourth-order valence-corrected chi connectivity index (χ4v) is 7.32. The number of carbonyl (C=O) groups excluding carboxylic acids is 6. The number of carbonyl (C=O) groups is 6. The standard InChI is InChI=1S/C40H64N6O7/c1-23(2)18-30-38(51)45(10)34(21-26(7)8)40(53)44(9)33(20-25(5)6)37(50)43-31(19-24(3)4)39(52)46-17-11-12-32(46)36(49)41-29(35(48)42-30)22-27-13-15-28(47)16-14-27/h13-16,23-26,29-34,47H,11-12,17-22H2,1-10H3,(H,41,49)(H,42,48)(H,43,50)/t29-,30-,31-,32-,33-,34+/m0/s1. The van der Waals surface area contributed by atoms with Crippen molar-refractivity contribution in [1.29, 1.82) is 0 Å². The van der Waals surface area contributed by atoms with Gasteiger partial charge in [0.1, 0.15) is 42.0 Å². The number of benzene rings is 1. The van der Waals surface area contributed by atoms with Crippen molar-refractivity contribution in [2.75, 3.05) is 20.6 Å². The molecule has 1 aromatic carbocycles. The SMILES string of the molecule is CC(C)C[C@@H]1NC(=O)[C@H](Cc2ccc(O)cc2)NC(=O)[C@@H]2CCCN2C(=O)[C@H](CC(C)C)NC(=O)[C@H](CC(C)C)N(C)C(=O)[C@@H](CC(C)C)N(C)C1=O. The van der Waals surface area contributed by atoms with Crippen LogP contribution in [0.4, 0.5) is 0 Å². The molecule has 0 radical (unpaired) electrons. The van der Waals surface area contributed by atoms with Gasteiger partial charge in [0, 0.05) is 27.1 Å². The molecule has 0 unspecified atom stereocenters. The van der Waals surface area contributed by atoms with Gasteiger partial charge in [0.2, 0.25) is 35.4 Å². The Bertz CT molecular complexity index is 1450. The molecule has 13 heteroatoms. The third-order valence-electron chi connectivity index (χ3n) is 10.1. The van der Waals surface area contributed by atoms with E-state index >= 15 is 0 Å². The molecule has 0 spiro atoms. The van der Waals surface area contributed by atoms with E-state index in [0.29, 0.717) is 44.2 Å². The molecule has 53 heavy (non-hydrogen) atoms. The number of hydrogen-bond donors (Lipinski definition) is 4. The average molecular weight is 741 g/mol. The number of phenols is 1. The van der Waals surface area contributed by atoms with Crippen LogP contribution < -0.4 is 16.0 Å². The Balaban J connectivity index is 2.19. The summed E-state index contributed by atoms with van der Waals surface area (Å²) in [4.78, 5) is 89.9. The molecule has 6 amide bonds. The number of phenolic OH excluding ortho intramolecular Hbond substituents is 1. The number of rotatable bonds is 10. The molecule has 13 nitrogen and oxygen atoms in total. The lowest BCUT2D eigenvalue weighted by molar-refractivity contribution is -0.150. The zero-order valence-electron chi connectivity index (χ0n) is 33.5. The van der Waals surface area contributed by atoms with E-state index in [-0.39, 0.29) is 48.2 Å². The number of amides is 6. The Labute approximate surface area is 316 Å². The molecule has 0 aliphatic carbocycles. The van der Waals surface area contributed by atoms with Crippen LogP contribution in [0.2, 0.25) is 0 Å². The average Bonchev–Trinajstić information content (AvgIpc) is 3.57. The van der Waals surface area contributed by atoms with Crippen molar-refractivity contribution in [3.05, 3.63) is 29.8 Å². The summed E-state index contributed by atoms with van der Waals surface area (Å²) in [6, 6.07) is 0.453. The van der Waals surface area contributed by atoms with Gasteiger partial charge in [-0.2, -0.15) is 0 Å². The first-order chi connectivity index (χ1) is 24.8. The highest BCUT2D eigenvalue weighted by Crippen LogP contribution is 2.24. The summed E-state index contributed by atoms with van der Waals surface area (Å²) >= 11 is 0. The third-order valence-corrected chi connectivity index (χ3v) is 10.1. The summed E-state index contributed by atoms with van der Waals surface area (Å²) in [6.45, 7) is 15.9. The molecule has 2 saturated heterocycles. The molecule has 3 rings (SSSR count). The van der Waals surface area contributed by atoms with Crippen LogP contribution >= 0.6 is 0 Å². The zero-order valence-corrected chi connectivity index (χ0v) is 33.5. The summed E-state index contributed by atoms with van der Waals surface area (Å²) in [5, 5.41) is 18.6. The fraction of sp³-hybridized carbons (Fsp3) is 0.700. The first kappa shape index (κ1) is 43.2. The number of likely N-dealkylation sites (N-methyl/N-ethyl adjacent to an activating group) is 2. The van der Waals surface area contributed by atoms with Gasteiger partial charge in [-0.05, 0) is 79.9 Å². The lowest BCUT2D eigenvalue weighted by Crippen LogP contribution is -2.62. The molecule has 2 aliphatic heterocycles. The predicted octanol–water partition coefficient (Wildman–Crippen LogP) is 3.23. The van der Waals surface area contributed by atoms with E-state index in [1.165, 1.54) is 26.8 Å². The Morgan fingerprint density at radius 3 is 1.62 bits per heavy atom. The second-order valence-electron chi connectivity index (χ2n) is 16.7. The topological polar surface area (TPSA) is 168 Å². The van der Waals surface area contributed by atoms with E-state index < -0.39 is 65.8 Å². The lowest BCUT2D eigenvalue weighted by atomic mass is 9.95. The number of nitrogens with zero attached hydrogens (tertiary/aromatic N) is 3. The summed E-state index contributed by atoms with van der Waals surface area (Å²) in [6.07, 6.45) is 2.21. The first-order valence-electron chi connectivity index (χ1n) is 19.3. The lowest BCUT2D eigenvalue weighted by Gasteiger charge is -2.38. The van der Waals surface area contributed by atoms with Crippen molar-refractivity contribution in [1.82, 2.24) is 30.7 Å². The Hall–Kier alpha value is -4.16. The third kappa shape index (κ3) is 11.9. The van der Waals surface area contributed by atoms with Gasteiger partial charge in [-0.3, -0.25) is 28.8 Å². The van der Waals surface area contributed by atoms with Crippen molar-refractivity contribution in [3.8, 4) is 5.75 Å². The van der Waals surface area contributed by atoms with Crippen molar-refractivity contribution in [2.45, 2.75) is 137 Å². The minimum atomic E-state index is -1.13. The van der Waals surface area contributed by atoms with Crippen LogP contribution in [0.25, 0.3) is 0 Å². The quantitative estimate of drug-likeness (QED) is 0.286. The zero-order chi connectivity index (χ0) is 39.7. The van der Waals surface area contributed by atoms with E-state index in [9.17, 15) is 33.9 Å². The van der Waals surface area contributed by atoms with E-state index in [1.54, 1.807) is 26.2 Å². The molecule has 0 aromatic heterocycles. The number of fused-ring (bicyclic) bond motifs is 1. The Kier molecular flexibility index (Phi) is 15.7. The van der Waals surface area contributed by atoms with Gasteiger partial charge >= 0.3 is 0 Å². The van der Waals surface area contributed by atoms with Gasteiger partial charge in [-0.15, -0.1) is 0 Å². The van der Waals surface area contributed by atoms with Crippen LogP contribution in [0.5, 0.6) is 5.75 Å². The molecule has 296 valence electrons. The highest BCUT2D eigenvalue weighted by atomic mass is 16.3. The Morgan fingerprint density at radius 1 is 0.604 bits per heavy atom. The van der Waals surface area contributed by atoms with Crippen LogP contribution in [-0.2, 0) is 35.2 Å². The predicted molar refractivity (Wildman–Crippen MR) is 203 cm³/mol. The van der Waals surface area contributed by atoms with Gasteiger partial charge < -0.3 is 35.8 Å². The van der Waals surface area contributed by atoms with Crippen molar-refractivity contribution >= 4 is 35.4 Å². The molecule has 2 aliphatic rings. The van der Waals surface area contributed by atoms with Gasteiger partial charge in [0.25, 0.3) is 0 Å². The number of nitrogens with one attached hydrogen (secondary N) is 3. The normalized spacial score (nSPS) is 25.9. The molecule has 4 N–H and O–H groups in total. The second kappa shape index (κ2) is 19.3. The molecular formula is C40H64N6O7. The number of hydrogen-bond acceptors (Lipinski definition) is 7. The van der Waals surface area contributed by atoms with Crippen molar-refractivity contribution < 1.29 is 33.9 Å². The number of aromatic hydroxyl groups is 1. The van der Waals surface area contributed by atoms with Gasteiger partial charge in [-0.25, -0.2) is 0 Å². The van der Waals surface area contributed by atoms with E-state index in [0.717, 1.165) is 0 Å². The van der Waals surface area contributed by atoms with Crippen LogP contribution in [0.15, 0.2) is 24.3 Å². The fourth-order valence-electron chi connectivity index (χ4n) is 7.32. The summed E-state index contributed by atoms with van der Waals surface area (Å²) in [5.74, 6) is -2.72. The smallest absolute Gasteiger partial charge is 0.245 e. The minimum Gasteiger partial charge on any atom is -0.508 e. The summed E-state index contributed by atoms with van der Waals surface area (Å²) < 4.78 is 0.